The van der Waals surface area contributed by atoms with Gasteiger partial charge in [0.1, 0.15) is 0 Å². The van der Waals surface area contributed by atoms with E-state index in [4.69, 9.17) is 0 Å². The Hall–Kier alpha value is -2.38. The molecule has 150 valence electrons. The number of aliphatic hydroxyl groups is 1. The third kappa shape index (κ3) is 6.07. The summed E-state index contributed by atoms with van der Waals surface area (Å²) in [6.07, 6.45) is 1.66. The molecule has 0 radical (unpaired) electrons. The number of hydrogen-bond donors (Lipinski definition) is 2. The summed E-state index contributed by atoms with van der Waals surface area (Å²) in [6, 6.07) is 16.4. The maximum absolute atomic E-state index is 12.3. The number of piperidine rings is 1. The van der Waals surface area contributed by atoms with Gasteiger partial charge in [-0.3, -0.25) is 9.52 Å². The maximum Gasteiger partial charge on any atom is 0.233 e. The minimum Gasteiger partial charge on any atom is -0.393 e. The molecular weight excluding hydrogens is 376 g/mol. The molecule has 7 heteroatoms. The summed E-state index contributed by atoms with van der Waals surface area (Å²) < 4.78 is 27.1. The van der Waals surface area contributed by atoms with Crippen LogP contribution in [0, 0.1) is 0 Å². The van der Waals surface area contributed by atoms with E-state index in [0.717, 1.165) is 11.1 Å². The molecule has 0 bridgehead atoms. The maximum atomic E-state index is 12.3. The number of aryl methyl sites for hydroxylation is 1. The molecule has 1 aliphatic rings. The molecule has 1 saturated heterocycles. The smallest absolute Gasteiger partial charge is 0.233 e. The van der Waals surface area contributed by atoms with Crippen molar-refractivity contribution in [2.24, 2.45) is 0 Å². The van der Waals surface area contributed by atoms with E-state index in [-0.39, 0.29) is 24.2 Å². The topological polar surface area (TPSA) is 86.7 Å². The fraction of sp³-hybridized carbons (Fsp3) is 0.381. The molecule has 3 rings (SSSR count). The van der Waals surface area contributed by atoms with Crippen molar-refractivity contribution in [3.8, 4) is 0 Å². The van der Waals surface area contributed by atoms with Crippen molar-refractivity contribution in [1.29, 1.82) is 0 Å². The molecule has 2 N–H and O–H groups in total. The van der Waals surface area contributed by atoms with Gasteiger partial charge in [-0.1, -0.05) is 42.5 Å². The second-order valence-corrected chi connectivity index (χ2v) is 8.98. The van der Waals surface area contributed by atoms with Crippen molar-refractivity contribution < 1.29 is 18.3 Å². The number of sulfonamides is 1. The first kappa shape index (κ1) is 20.4. The highest BCUT2D eigenvalue weighted by Crippen LogP contribution is 2.15. The van der Waals surface area contributed by atoms with Gasteiger partial charge >= 0.3 is 0 Å². The molecule has 6 nitrogen and oxygen atoms in total. The van der Waals surface area contributed by atoms with Crippen molar-refractivity contribution in [3.63, 3.8) is 0 Å². The summed E-state index contributed by atoms with van der Waals surface area (Å²) in [6.45, 7) is 1.17. The van der Waals surface area contributed by atoms with Crippen LogP contribution in [0.4, 0.5) is 5.69 Å². The van der Waals surface area contributed by atoms with Gasteiger partial charge in [0.25, 0.3) is 0 Å². The van der Waals surface area contributed by atoms with Crippen LogP contribution in [0.2, 0.25) is 0 Å². The van der Waals surface area contributed by atoms with Crippen molar-refractivity contribution in [3.05, 3.63) is 65.7 Å². The Balaban J connectivity index is 1.51. The quantitative estimate of drug-likeness (QED) is 0.743. The number of hydrogen-bond acceptors (Lipinski definition) is 4. The Morgan fingerprint density at radius 2 is 1.64 bits per heavy atom. The van der Waals surface area contributed by atoms with Crippen LogP contribution in [-0.4, -0.2) is 49.3 Å². The number of likely N-dealkylation sites (tertiary alicyclic amines) is 1. The summed E-state index contributed by atoms with van der Waals surface area (Å²) in [5.41, 5.74) is 2.31. The molecule has 28 heavy (non-hydrogen) atoms. The first-order valence-corrected chi connectivity index (χ1v) is 11.2. The molecule has 1 heterocycles. The van der Waals surface area contributed by atoms with Crippen LogP contribution in [0.15, 0.2) is 54.6 Å². The van der Waals surface area contributed by atoms with Crippen LogP contribution in [0.5, 0.6) is 0 Å². The Morgan fingerprint density at radius 3 is 2.29 bits per heavy atom. The lowest BCUT2D eigenvalue weighted by molar-refractivity contribution is -0.132. The first-order valence-electron chi connectivity index (χ1n) is 9.50. The lowest BCUT2D eigenvalue weighted by Crippen LogP contribution is -2.40. The zero-order valence-corrected chi connectivity index (χ0v) is 16.6. The Morgan fingerprint density at radius 1 is 1.00 bits per heavy atom. The number of amides is 1. The monoisotopic (exact) mass is 402 g/mol. The minimum absolute atomic E-state index is 0.0120. The van der Waals surface area contributed by atoms with E-state index in [9.17, 15) is 18.3 Å². The summed E-state index contributed by atoms with van der Waals surface area (Å²) >= 11 is 0. The van der Waals surface area contributed by atoms with Gasteiger partial charge in [-0.15, -0.1) is 0 Å². The zero-order chi connectivity index (χ0) is 20.0. The highest BCUT2D eigenvalue weighted by Gasteiger charge is 2.21. The van der Waals surface area contributed by atoms with Crippen LogP contribution < -0.4 is 4.72 Å². The molecule has 1 amide bonds. The average Bonchev–Trinajstić information content (AvgIpc) is 2.69. The van der Waals surface area contributed by atoms with Crippen molar-refractivity contribution in [2.45, 2.75) is 31.8 Å². The Kier molecular flexibility index (Phi) is 6.70. The van der Waals surface area contributed by atoms with Gasteiger partial charge < -0.3 is 10.0 Å². The summed E-state index contributed by atoms with van der Waals surface area (Å²) in [7, 11) is -3.44. The minimum atomic E-state index is -3.44. The lowest BCUT2D eigenvalue weighted by atomic mass is 10.1. The van der Waals surface area contributed by atoms with E-state index in [1.807, 2.05) is 30.3 Å². The largest absolute Gasteiger partial charge is 0.393 e. The molecule has 2 aromatic carbocycles. The second-order valence-electron chi connectivity index (χ2n) is 7.14. The molecule has 0 atom stereocenters. The number of aliphatic hydroxyl groups excluding tert-OH is 1. The standard InChI is InChI=1S/C21H26N2O4S/c24-20-10-13-23(14-11-20)21(25)16-18-6-8-19(9-7-18)22-28(26,27)15-12-17-4-2-1-3-5-17/h1-9,20,22,24H,10-16H2. The van der Waals surface area contributed by atoms with Crippen LogP contribution in [0.25, 0.3) is 0 Å². The molecule has 0 spiro atoms. The highest BCUT2D eigenvalue weighted by molar-refractivity contribution is 7.92. The van der Waals surface area contributed by atoms with Gasteiger partial charge in [-0.2, -0.15) is 0 Å². The normalized spacial score (nSPS) is 15.4. The Bertz CT molecular complexity index is 874. The highest BCUT2D eigenvalue weighted by atomic mass is 32.2. The number of nitrogens with one attached hydrogen (secondary N) is 1. The molecule has 1 aliphatic heterocycles. The second kappa shape index (κ2) is 9.21. The Labute approximate surface area is 166 Å². The van der Waals surface area contributed by atoms with E-state index < -0.39 is 10.0 Å². The van der Waals surface area contributed by atoms with Gasteiger partial charge in [0.15, 0.2) is 0 Å². The van der Waals surface area contributed by atoms with Gasteiger partial charge in [-0.05, 0) is 42.5 Å². The van der Waals surface area contributed by atoms with Crippen molar-refractivity contribution in [1.82, 2.24) is 4.90 Å². The summed E-state index contributed by atoms with van der Waals surface area (Å²) in [4.78, 5) is 14.1. The van der Waals surface area contributed by atoms with E-state index in [2.05, 4.69) is 4.72 Å². The number of carbonyl (C=O) groups is 1. The third-order valence-corrected chi connectivity index (χ3v) is 6.19. The van der Waals surface area contributed by atoms with Crippen LogP contribution in [-0.2, 0) is 27.7 Å². The van der Waals surface area contributed by atoms with Crippen LogP contribution in [0.1, 0.15) is 24.0 Å². The predicted molar refractivity (Wildman–Crippen MR) is 110 cm³/mol. The van der Waals surface area contributed by atoms with Gasteiger partial charge in [0.05, 0.1) is 18.3 Å². The van der Waals surface area contributed by atoms with Crippen molar-refractivity contribution >= 4 is 21.6 Å². The molecule has 2 aromatic rings. The zero-order valence-electron chi connectivity index (χ0n) is 15.8. The number of carbonyl (C=O) groups excluding carboxylic acids is 1. The van der Waals surface area contributed by atoms with Gasteiger partial charge in [0, 0.05) is 18.8 Å². The molecule has 0 unspecified atom stereocenters. The number of anilines is 1. The number of nitrogens with zero attached hydrogens (tertiary/aromatic N) is 1. The lowest BCUT2D eigenvalue weighted by Gasteiger charge is -2.29. The van der Waals surface area contributed by atoms with E-state index in [1.54, 1.807) is 29.2 Å². The number of rotatable bonds is 7. The number of benzene rings is 2. The molecule has 0 aliphatic carbocycles. The molecule has 0 saturated carbocycles. The fourth-order valence-electron chi connectivity index (χ4n) is 3.22. The first-order chi connectivity index (χ1) is 13.4. The molecular formula is C21H26N2O4S. The van der Waals surface area contributed by atoms with E-state index in [0.29, 0.717) is 38.0 Å². The SMILES string of the molecule is O=C(Cc1ccc(NS(=O)(=O)CCc2ccccc2)cc1)N1CCC(O)CC1. The molecule has 1 fully saturated rings. The predicted octanol–water partition coefficient (Wildman–Crippen LogP) is 2.20. The fourth-order valence-corrected chi connectivity index (χ4v) is 4.32. The third-order valence-electron chi connectivity index (χ3n) is 4.90. The summed E-state index contributed by atoms with van der Waals surface area (Å²) in [5.74, 6) is 0.0426. The van der Waals surface area contributed by atoms with Crippen LogP contribution >= 0.6 is 0 Å². The average molecular weight is 403 g/mol. The summed E-state index contributed by atoms with van der Waals surface area (Å²) in [5, 5.41) is 9.53. The van der Waals surface area contributed by atoms with E-state index >= 15 is 0 Å². The van der Waals surface area contributed by atoms with Gasteiger partial charge in [-0.25, -0.2) is 8.42 Å². The van der Waals surface area contributed by atoms with Crippen molar-refractivity contribution in [2.75, 3.05) is 23.6 Å². The molecule has 0 aromatic heterocycles. The van der Waals surface area contributed by atoms with E-state index in [1.165, 1.54) is 0 Å². The van der Waals surface area contributed by atoms with Crippen LogP contribution in [0.3, 0.4) is 0 Å². The van der Waals surface area contributed by atoms with Gasteiger partial charge in [0.2, 0.25) is 15.9 Å².